The average Bonchev–Trinajstić information content (AvgIpc) is 3.61. The Kier molecular flexibility index (Phi) is 6.99. The number of phenols is 1. The van der Waals surface area contributed by atoms with Crippen molar-refractivity contribution in [2.24, 2.45) is 5.41 Å². The van der Waals surface area contributed by atoms with Crippen LogP contribution in [0, 0.1) is 29.4 Å². The molecule has 4 aliphatic rings. The highest BCUT2D eigenvalue weighted by atomic mass is 19.2. The van der Waals surface area contributed by atoms with Gasteiger partial charge in [0, 0.05) is 72.1 Å². The van der Waals surface area contributed by atoms with Gasteiger partial charge in [-0.1, -0.05) is 18.1 Å². The van der Waals surface area contributed by atoms with Crippen LogP contribution in [0.15, 0.2) is 36.4 Å². The number of alkyl halides is 2. The lowest BCUT2D eigenvalue weighted by atomic mass is 9.93. The van der Waals surface area contributed by atoms with Crippen molar-refractivity contribution in [3.05, 3.63) is 53.6 Å². The summed E-state index contributed by atoms with van der Waals surface area (Å²) in [7, 11) is 0. The SMILES string of the molecule is C#Cc1cccc2cc(O)cc(-c3c(F)cc4c(N5CC6CCC(C5)N6)nc(OCC5(CN6C[C@@H](F)[C@@H](F)C6)CC5)nc4c3F)c12. The van der Waals surface area contributed by atoms with Gasteiger partial charge in [-0.15, -0.1) is 6.42 Å². The van der Waals surface area contributed by atoms with E-state index in [0.717, 1.165) is 25.7 Å². The summed E-state index contributed by atoms with van der Waals surface area (Å²) in [6, 6.07) is 9.60. The van der Waals surface area contributed by atoms with Crippen LogP contribution in [-0.4, -0.2) is 83.7 Å². The maximum absolute atomic E-state index is 16.8. The van der Waals surface area contributed by atoms with E-state index in [-0.39, 0.29) is 71.0 Å². The number of terminal acetylenes is 1. The molecule has 4 atom stereocenters. The number of fused-ring (bicyclic) bond motifs is 4. The number of hydrogen-bond acceptors (Lipinski definition) is 7. The first-order valence-electron chi connectivity index (χ1n) is 15.8. The minimum atomic E-state index is -1.49. The molecule has 3 aliphatic heterocycles. The number of anilines is 1. The van der Waals surface area contributed by atoms with Crippen LogP contribution in [0.1, 0.15) is 31.2 Å². The van der Waals surface area contributed by atoms with Gasteiger partial charge in [-0.25, -0.2) is 17.6 Å². The predicted molar refractivity (Wildman–Crippen MR) is 168 cm³/mol. The number of likely N-dealkylation sites (tertiary alicyclic amines) is 1. The van der Waals surface area contributed by atoms with E-state index < -0.39 is 24.0 Å². The summed E-state index contributed by atoms with van der Waals surface area (Å²) in [5.74, 6) is 1.07. The van der Waals surface area contributed by atoms with E-state index >= 15 is 8.78 Å². The largest absolute Gasteiger partial charge is 0.508 e. The first-order chi connectivity index (χ1) is 22.2. The molecule has 46 heavy (non-hydrogen) atoms. The van der Waals surface area contributed by atoms with Crippen LogP contribution in [-0.2, 0) is 0 Å². The Morgan fingerprint density at radius 1 is 1.02 bits per heavy atom. The number of phenolic OH excluding ortho intramolecular Hbond substituents is 1. The molecule has 1 aromatic heterocycles. The lowest BCUT2D eigenvalue weighted by Gasteiger charge is -2.34. The van der Waals surface area contributed by atoms with Crippen LogP contribution in [0.4, 0.5) is 23.4 Å². The molecule has 3 saturated heterocycles. The Bertz CT molecular complexity index is 1890. The quantitative estimate of drug-likeness (QED) is 0.206. The molecule has 2 N–H and O–H groups in total. The molecule has 2 unspecified atom stereocenters. The van der Waals surface area contributed by atoms with Gasteiger partial charge in [0.15, 0.2) is 5.82 Å². The highest BCUT2D eigenvalue weighted by Gasteiger charge is 2.47. The number of aromatic hydroxyl groups is 1. The molecular formula is C35H33F4N5O2. The fourth-order valence-electron chi connectivity index (χ4n) is 7.55. The van der Waals surface area contributed by atoms with Gasteiger partial charge in [0.05, 0.1) is 12.2 Å². The van der Waals surface area contributed by atoms with Crippen molar-refractivity contribution < 1.29 is 27.4 Å². The fraction of sp³-hybridized carbons (Fsp3) is 0.429. The number of ether oxygens (including phenoxy) is 1. The number of hydrogen-bond donors (Lipinski definition) is 2. The number of nitrogens with zero attached hydrogens (tertiary/aromatic N) is 4. The van der Waals surface area contributed by atoms with E-state index in [4.69, 9.17) is 16.1 Å². The van der Waals surface area contributed by atoms with Crippen LogP contribution in [0.3, 0.4) is 0 Å². The monoisotopic (exact) mass is 631 g/mol. The van der Waals surface area contributed by atoms with Crippen molar-refractivity contribution in [1.82, 2.24) is 20.2 Å². The van der Waals surface area contributed by atoms with E-state index in [2.05, 4.69) is 16.2 Å². The molecular weight excluding hydrogens is 598 g/mol. The van der Waals surface area contributed by atoms with Crippen molar-refractivity contribution >= 4 is 27.5 Å². The average molecular weight is 632 g/mol. The van der Waals surface area contributed by atoms with Crippen LogP contribution in [0.5, 0.6) is 11.8 Å². The zero-order valence-corrected chi connectivity index (χ0v) is 25.1. The normalized spacial score (nSPS) is 25.3. The summed E-state index contributed by atoms with van der Waals surface area (Å²) in [6.07, 6.45) is 6.44. The van der Waals surface area contributed by atoms with Crippen molar-refractivity contribution in [3.63, 3.8) is 0 Å². The van der Waals surface area contributed by atoms with Gasteiger partial charge in [0.2, 0.25) is 0 Å². The smallest absolute Gasteiger partial charge is 0.319 e. The Morgan fingerprint density at radius 2 is 1.76 bits per heavy atom. The second-order valence-corrected chi connectivity index (χ2v) is 13.4. The second kappa shape index (κ2) is 11.0. The topological polar surface area (TPSA) is 73.8 Å². The van der Waals surface area contributed by atoms with E-state index in [0.29, 0.717) is 41.8 Å². The predicted octanol–water partition coefficient (Wildman–Crippen LogP) is 5.51. The molecule has 1 saturated carbocycles. The van der Waals surface area contributed by atoms with Crippen LogP contribution in [0.25, 0.3) is 32.8 Å². The molecule has 0 radical (unpaired) electrons. The number of piperazine rings is 1. The third-order valence-electron chi connectivity index (χ3n) is 10.0. The number of halogens is 4. The van der Waals surface area contributed by atoms with Crippen molar-refractivity contribution in [2.45, 2.75) is 50.1 Å². The maximum Gasteiger partial charge on any atom is 0.319 e. The van der Waals surface area contributed by atoms with Crippen LogP contribution in [0.2, 0.25) is 0 Å². The molecule has 2 bridgehead atoms. The molecule has 0 spiro atoms. The van der Waals surface area contributed by atoms with Gasteiger partial charge < -0.3 is 20.1 Å². The lowest BCUT2D eigenvalue weighted by molar-refractivity contribution is 0.164. The van der Waals surface area contributed by atoms with Gasteiger partial charge in [-0.2, -0.15) is 9.97 Å². The van der Waals surface area contributed by atoms with Gasteiger partial charge >= 0.3 is 6.01 Å². The minimum Gasteiger partial charge on any atom is -0.508 e. The summed E-state index contributed by atoms with van der Waals surface area (Å²) in [5, 5.41) is 15.3. The summed E-state index contributed by atoms with van der Waals surface area (Å²) in [6.45, 7) is 2.02. The molecule has 3 aromatic carbocycles. The lowest BCUT2D eigenvalue weighted by Crippen LogP contribution is -2.51. The molecule has 4 heterocycles. The minimum absolute atomic E-state index is 0.0469. The summed E-state index contributed by atoms with van der Waals surface area (Å²) >= 11 is 0. The maximum atomic E-state index is 16.8. The Balaban J connectivity index is 1.22. The summed E-state index contributed by atoms with van der Waals surface area (Å²) < 4.78 is 66.9. The number of rotatable bonds is 7. The zero-order chi connectivity index (χ0) is 31.7. The van der Waals surface area contributed by atoms with Crippen molar-refractivity contribution in [1.29, 1.82) is 0 Å². The third kappa shape index (κ3) is 5.08. The summed E-state index contributed by atoms with van der Waals surface area (Å²) in [4.78, 5) is 13.0. The van der Waals surface area contributed by atoms with Gasteiger partial charge in [0.1, 0.15) is 35.2 Å². The zero-order valence-electron chi connectivity index (χ0n) is 25.1. The standard InChI is InChI=1S/C35H33F4N5O2/c1-2-19-4-3-5-20-10-23(45)11-24(29(19)20)30-26(36)12-25-32(31(30)39)41-34(42-33(25)44-13-21-6-7-22(14-44)40-21)46-18-35(8-9-35)17-43-15-27(37)28(38)16-43/h1,3-5,10-12,21-22,27-28,40,45H,6-9,13-18H2/t21?,22?,27-,28+. The van der Waals surface area contributed by atoms with Crippen molar-refractivity contribution in [3.8, 4) is 35.2 Å². The van der Waals surface area contributed by atoms with E-state index in [1.54, 1.807) is 23.1 Å². The third-order valence-corrected chi connectivity index (χ3v) is 10.0. The van der Waals surface area contributed by atoms with E-state index in [1.807, 2.05) is 4.90 Å². The Labute approximate surface area is 263 Å². The highest BCUT2D eigenvalue weighted by molar-refractivity contribution is 6.04. The fourth-order valence-corrected chi connectivity index (χ4v) is 7.55. The first kappa shape index (κ1) is 29.3. The van der Waals surface area contributed by atoms with E-state index in [9.17, 15) is 13.9 Å². The molecule has 8 rings (SSSR count). The highest BCUT2D eigenvalue weighted by Crippen LogP contribution is 2.47. The van der Waals surface area contributed by atoms with E-state index in [1.165, 1.54) is 18.2 Å². The Morgan fingerprint density at radius 3 is 2.46 bits per heavy atom. The van der Waals surface area contributed by atoms with Crippen LogP contribution >= 0.6 is 0 Å². The molecule has 4 fully saturated rings. The molecule has 0 amide bonds. The van der Waals surface area contributed by atoms with Gasteiger partial charge in [-0.05, 0) is 55.3 Å². The Hall–Kier alpha value is -4.14. The van der Waals surface area contributed by atoms with Gasteiger partial charge in [-0.3, -0.25) is 4.90 Å². The van der Waals surface area contributed by atoms with Crippen molar-refractivity contribution in [2.75, 3.05) is 44.2 Å². The number of benzene rings is 3. The van der Waals surface area contributed by atoms with Gasteiger partial charge in [0.25, 0.3) is 0 Å². The molecule has 4 aromatic rings. The summed E-state index contributed by atoms with van der Waals surface area (Å²) in [5.41, 5.74) is -0.220. The molecule has 7 nitrogen and oxygen atoms in total. The first-order valence-corrected chi connectivity index (χ1v) is 15.8. The second-order valence-electron chi connectivity index (χ2n) is 13.4. The molecule has 11 heteroatoms. The number of nitrogens with one attached hydrogen (secondary N) is 1. The molecule has 1 aliphatic carbocycles. The van der Waals surface area contributed by atoms with Crippen LogP contribution < -0.4 is 15.0 Å². The molecule has 238 valence electrons. The number of aromatic nitrogens is 2.